The van der Waals surface area contributed by atoms with Crippen LogP contribution in [0.25, 0.3) is 0 Å². The number of hydrogen-bond donors (Lipinski definition) is 2. The quantitative estimate of drug-likeness (QED) is 0.454. The van der Waals surface area contributed by atoms with Crippen molar-refractivity contribution < 1.29 is 9.63 Å². The number of carbonyl (C=O) groups is 1. The van der Waals surface area contributed by atoms with Crippen LogP contribution in [-0.2, 0) is 9.63 Å². The molecule has 1 amide bonds. The lowest BCUT2D eigenvalue weighted by atomic mass is 10.1. The monoisotopic (exact) mass is 277 g/mol. The van der Waals surface area contributed by atoms with E-state index in [4.69, 9.17) is 10.6 Å². The lowest BCUT2D eigenvalue weighted by Crippen LogP contribution is -2.36. The molecule has 0 heterocycles. The zero-order valence-corrected chi connectivity index (χ0v) is 12.3. The van der Waals surface area contributed by atoms with Crippen molar-refractivity contribution in [3.8, 4) is 0 Å². The Morgan fingerprint density at radius 1 is 1.30 bits per heavy atom. The lowest BCUT2D eigenvalue weighted by molar-refractivity contribution is -0.126. The van der Waals surface area contributed by atoms with Gasteiger partial charge in [0.05, 0.1) is 0 Å². The third-order valence-corrected chi connectivity index (χ3v) is 3.06. The first kappa shape index (κ1) is 16.0. The molecular weight excluding hydrogens is 254 g/mol. The van der Waals surface area contributed by atoms with Gasteiger partial charge in [0.2, 0.25) is 0 Å². The lowest BCUT2D eigenvalue weighted by Gasteiger charge is -2.13. The van der Waals surface area contributed by atoms with Crippen molar-refractivity contribution in [1.82, 2.24) is 5.32 Å². The summed E-state index contributed by atoms with van der Waals surface area (Å²) in [4.78, 5) is 16.6. The van der Waals surface area contributed by atoms with Gasteiger partial charge < -0.3 is 15.9 Å². The molecule has 0 aliphatic rings. The molecule has 3 N–H and O–H groups in total. The van der Waals surface area contributed by atoms with Gasteiger partial charge in [0.1, 0.15) is 0 Å². The second-order valence-electron chi connectivity index (χ2n) is 4.70. The molecule has 0 atom stereocenters. The summed E-state index contributed by atoms with van der Waals surface area (Å²) in [5.41, 5.74) is 7.70. The molecule has 0 radical (unpaired) electrons. The van der Waals surface area contributed by atoms with Crippen LogP contribution < -0.4 is 11.1 Å². The minimum absolute atomic E-state index is 0.122. The zero-order chi connectivity index (χ0) is 15.0. The highest BCUT2D eigenvalue weighted by atomic mass is 16.6. The maximum atomic E-state index is 11.6. The van der Waals surface area contributed by atoms with Gasteiger partial charge >= 0.3 is 0 Å². The second kappa shape index (κ2) is 8.19. The van der Waals surface area contributed by atoms with E-state index in [-0.39, 0.29) is 24.4 Å². The van der Waals surface area contributed by atoms with Crippen LogP contribution in [0, 0.1) is 6.92 Å². The number of nitrogens with zero attached hydrogens (tertiary/aromatic N) is 1. The molecule has 0 bridgehead atoms. The van der Waals surface area contributed by atoms with Crippen molar-refractivity contribution in [3.05, 3.63) is 35.4 Å². The van der Waals surface area contributed by atoms with Crippen LogP contribution in [0.4, 0.5) is 0 Å². The Labute approximate surface area is 120 Å². The number of hydrogen-bond acceptors (Lipinski definition) is 3. The molecule has 0 aromatic heterocycles. The Balaban J connectivity index is 2.43. The fourth-order valence-corrected chi connectivity index (χ4v) is 1.70. The molecule has 1 rings (SSSR count). The molecule has 1 aromatic rings. The number of oxime groups is 1. The second-order valence-corrected chi connectivity index (χ2v) is 4.70. The van der Waals surface area contributed by atoms with Crippen molar-refractivity contribution >= 4 is 11.7 Å². The molecule has 0 aliphatic carbocycles. The Morgan fingerprint density at radius 3 is 2.45 bits per heavy atom. The summed E-state index contributed by atoms with van der Waals surface area (Å²) in [5, 5.41) is 6.62. The molecule has 1 aromatic carbocycles. The minimum atomic E-state index is -0.181. The van der Waals surface area contributed by atoms with Crippen molar-refractivity contribution in [3.63, 3.8) is 0 Å². The van der Waals surface area contributed by atoms with Gasteiger partial charge in [0, 0.05) is 11.6 Å². The maximum absolute atomic E-state index is 11.6. The minimum Gasteiger partial charge on any atom is -0.384 e. The summed E-state index contributed by atoms with van der Waals surface area (Å²) >= 11 is 0. The largest absolute Gasteiger partial charge is 0.384 e. The van der Waals surface area contributed by atoms with E-state index in [0.717, 1.165) is 24.0 Å². The number of nitrogens with two attached hydrogens (primary N) is 1. The van der Waals surface area contributed by atoms with Crippen LogP contribution in [0.2, 0.25) is 0 Å². The van der Waals surface area contributed by atoms with Crippen LogP contribution in [0.5, 0.6) is 0 Å². The number of benzene rings is 1. The van der Waals surface area contributed by atoms with E-state index in [2.05, 4.69) is 10.5 Å². The predicted molar refractivity (Wildman–Crippen MR) is 80.4 cm³/mol. The van der Waals surface area contributed by atoms with Gasteiger partial charge in [0.15, 0.2) is 12.4 Å². The molecule has 20 heavy (non-hydrogen) atoms. The number of aryl methyl sites for hydroxylation is 1. The van der Waals surface area contributed by atoms with Crippen molar-refractivity contribution in [2.75, 3.05) is 6.61 Å². The van der Waals surface area contributed by atoms with E-state index < -0.39 is 0 Å². The van der Waals surface area contributed by atoms with Crippen molar-refractivity contribution in [2.45, 2.75) is 39.7 Å². The first-order valence-electron chi connectivity index (χ1n) is 6.88. The highest BCUT2D eigenvalue weighted by Gasteiger charge is 2.08. The molecule has 0 fully saturated rings. The third-order valence-electron chi connectivity index (χ3n) is 3.06. The average Bonchev–Trinajstić information content (AvgIpc) is 2.45. The number of amidine groups is 1. The topological polar surface area (TPSA) is 76.7 Å². The molecular formula is C15H23N3O2. The van der Waals surface area contributed by atoms with Gasteiger partial charge in [-0.15, -0.1) is 0 Å². The molecule has 0 saturated carbocycles. The van der Waals surface area contributed by atoms with Gasteiger partial charge in [-0.1, -0.05) is 48.8 Å². The number of amides is 1. The predicted octanol–water partition coefficient (Wildman–Crippen LogP) is 1.94. The Morgan fingerprint density at radius 2 is 1.90 bits per heavy atom. The van der Waals surface area contributed by atoms with Gasteiger partial charge in [-0.3, -0.25) is 4.79 Å². The Kier molecular flexibility index (Phi) is 6.56. The molecule has 0 spiro atoms. The molecule has 110 valence electrons. The van der Waals surface area contributed by atoms with Crippen LogP contribution in [-0.4, -0.2) is 24.4 Å². The highest BCUT2D eigenvalue weighted by molar-refractivity contribution is 5.97. The smallest absolute Gasteiger partial charge is 0.260 e. The summed E-state index contributed by atoms with van der Waals surface area (Å²) < 4.78 is 0. The standard InChI is InChI=1S/C15H23N3O2/c1-4-13(5-2)17-14(19)10-20-18-15(16)12-8-6-11(3)7-9-12/h6-9,13H,4-5,10H2,1-3H3,(H2,16,18)(H,17,19). The third kappa shape index (κ3) is 5.30. The van der Waals surface area contributed by atoms with Gasteiger partial charge in [0.25, 0.3) is 5.91 Å². The van der Waals surface area contributed by atoms with E-state index in [0.29, 0.717) is 0 Å². The van der Waals surface area contributed by atoms with Gasteiger partial charge in [-0.05, 0) is 19.8 Å². The molecule has 0 aliphatic heterocycles. The summed E-state index contributed by atoms with van der Waals surface area (Å²) in [6.45, 7) is 5.94. The maximum Gasteiger partial charge on any atom is 0.260 e. The normalized spacial score (nSPS) is 11.5. The average molecular weight is 277 g/mol. The first-order chi connectivity index (χ1) is 9.56. The van der Waals surface area contributed by atoms with E-state index in [1.54, 1.807) is 0 Å². The van der Waals surface area contributed by atoms with E-state index in [1.165, 1.54) is 0 Å². The molecule has 5 heteroatoms. The van der Waals surface area contributed by atoms with Crippen LogP contribution in [0.3, 0.4) is 0 Å². The summed E-state index contributed by atoms with van der Waals surface area (Å²) in [6, 6.07) is 7.79. The van der Waals surface area contributed by atoms with Gasteiger partial charge in [-0.25, -0.2) is 0 Å². The fraction of sp³-hybridized carbons (Fsp3) is 0.467. The van der Waals surface area contributed by atoms with Crippen molar-refractivity contribution in [1.29, 1.82) is 0 Å². The molecule has 0 unspecified atom stereocenters. The van der Waals surface area contributed by atoms with E-state index >= 15 is 0 Å². The summed E-state index contributed by atoms with van der Waals surface area (Å²) in [6.07, 6.45) is 1.80. The van der Waals surface area contributed by atoms with Gasteiger partial charge in [-0.2, -0.15) is 0 Å². The van der Waals surface area contributed by atoms with Crippen molar-refractivity contribution in [2.24, 2.45) is 10.9 Å². The van der Waals surface area contributed by atoms with E-state index in [9.17, 15) is 4.79 Å². The molecule has 0 saturated heterocycles. The molecule has 5 nitrogen and oxygen atoms in total. The Hall–Kier alpha value is -2.04. The summed E-state index contributed by atoms with van der Waals surface area (Å²) in [5.74, 6) is 0.0829. The number of nitrogens with one attached hydrogen (secondary N) is 1. The SMILES string of the molecule is CCC(CC)NC(=O)CON=C(N)c1ccc(C)cc1. The highest BCUT2D eigenvalue weighted by Crippen LogP contribution is 2.02. The number of rotatable bonds is 7. The summed E-state index contributed by atoms with van der Waals surface area (Å²) in [7, 11) is 0. The Bertz CT molecular complexity index is 451. The number of carbonyl (C=O) groups excluding carboxylic acids is 1. The van der Waals surface area contributed by atoms with Crippen LogP contribution in [0.15, 0.2) is 29.4 Å². The zero-order valence-electron chi connectivity index (χ0n) is 12.3. The van der Waals surface area contributed by atoms with E-state index in [1.807, 2.05) is 45.0 Å². The van der Waals surface area contributed by atoms with Crippen LogP contribution in [0.1, 0.15) is 37.8 Å². The fourth-order valence-electron chi connectivity index (χ4n) is 1.70. The first-order valence-corrected chi connectivity index (χ1v) is 6.88. The van der Waals surface area contributed by atoms with Crippen LogP contribution >= 0.6 is 0 Å².